The standard InChI is InChI=1S/C18H21N3O3/c1-11(2)14-7-5-6-12(3)16(14)21-17(22)13(4)24-18(23)15-10-19-8-9-20-15/h5-11,13H,1-4H3,(H,21,22)/t13-/m0/s1. The number of carbonyl (C=O) groups is 2. The van der Waals surface area contributed by atoms with Gasteiger partial charge < -0.3 is 10.1 Å². The highest BCUT2D eigenvalue weighted by atomic mass is 16.5. The summed E-state index contributed by atoms with van der Waals surface area (Å²) in [5.74, 6) is -0.805. The Kier molecular flexibility index (Phi) is 5.63. The van der Waals surface area contributed by atoms with E-state index in [9.17, 15) is 9.59 Å². The number of hydrogen-bond donors (Lipinski definition) is 1. The summed E-state index contributed by atoms with van der Waals surface area (Å²) in [4.78, 5) is 32.0. The van der Waals surface area contributed by atoms with Crippen LogP contribution in [0.2, 0.25) is 0 Å². The number of amides is 1. The lowest BCUT2D eigenvalue weighted by Crippen LogP contribution is -2.31. The van der Waals surface area contributed by atoms with Crippen LogP contribution in [0.25, 0.3) is 0 Å². The third kappa shape index (κ3) is 4.16. The number of hydrogen-bond acceptors (Lipinski definition) is 5. The molecule has 1 aromatic heterocycles. The van der Waals surface area contributed by atoms with E-state index >= 15 is 0 Å². The molecule has 0 bridgehead atoms. The number of para-hydroxylation sites is 1. The molecular weight excluding hydrogens is 306 g/mol. The van der Waals surface area contributed by atoms with E-state index in [1.165, 1.54) is 25.5 Å². The number of aromatic nitrogens is 2. The van der Waals surface area contributed by atoms with Crippen molar-refractivity contribution in [2.24, 2.45) is 0 Å². The maximum atomic E-state index is 12.4. The molecule has 1 heterocycles. The minimum absolute atomic E-state index is 0.0657. The predicted molar refractivity (Wildman–Crippen MR) is 90.8 cm³/mol. The lowest BCUT2D eigenvalue weighted by atomic mass is 9.98. The number of nitrogens with zero attached hydrogens (tertiary/aromatic N) is 2. The van der Waals surface area contributed by atoms with Crippen molar-refractivity contribution in [3.63, 3.8) is 0 Å². The molecule has 0 spiro atoms. The number of nitrogens with one attached hydrogen (secondary N) is 1. The van der Waals surface area contributed by atoms with Crippen molar-refractivity contribution in [2.45, 2.75) is 39.7 Å². The van der Waals surface area contributed by atoms with Crippen molar-refractivity contribution in [1.82, 2.24) is 9.97 Å². The number of rotatable bonds is 5. The van der Waals surface area contributed by atoms with Crippen molar-refractivity contribution < 1.29 is 14.3 Å². The molecule has 0 radical (unpaired) electrons. The third-order valence-electron chi connectivity index (χ3n) is 3.60. The zero-order valence-corrected chi connectivity index (χ0v) is 14.2. The second kappa shape index (κ2) is 7.68. The van der Waals surface area contributed by atoms with E-state index in [0.29, 0.717) is 0 Å². The van der Waals surface area contributed by atoms with Gasteiger partial charge in [-0.2, -0.15) is 0 Å². The first-order valence-corrected chi connectivity index (χ1v) is 7.77. The highest BCUT2D eigenvalue weighted by Crippen LogP contribution is 2.27. The zero-order chi connectivity index (χ0) is 17.7. The normalized spacial score (nSPS) is 11.9. The molecule has 24 heavy (non-hydrogen) atoms. The van der Waals surface area contributed by atoms with Crippen LogP contribution in [-0.4, -0.2) is 27.9 Å². The molecule has 1 aromatic carbocycles. The molecule has 1 atom stereocenters. The lowest BCUT2D eigenvalue weighted by Gasteiger charge is -2.18. The molecule has 0 unspecified atom stereocenters. The minimum Gasteiger partial charge on any atom is -0.448 e. The second-order valence-electron chi connectivity index (χ2n) is 5.82. The van der Waals surface area contributed by atoms with Crippen LogP contribution in [0.1, 0.15) is 48.3 Å². The Morgan fingerprint density at radius 3 is 2.54 bits per heavy atom. The first-order valence-electron chi connectivity index (χ1n) is 7.77. The fourth-order valence-electron chi connectivity index (χ4n) is 2.25. The maximum absolute atomic E-state index is 12.4. The maximum Gasteiger partial charge on any atom is 0.359 e. The first kappa shape index (κ1) is 17.6. The lowest BCUT2D eigenvalue weighted by molar-refractivity contribution is -0.123. The Morgan fingerprint density at radius 2 is 1.92 bits per heavy atom. The molecule has 6 nitrogen and oxygen atoms in total. The molecular formula is C18H21N3O3. The van der Waals surface area contributed by atoms with Gasteiger partial charge in [-0.1, -0.05) is 32.0 Å². The van der Waals surface area contributed by atoms with Gasteiger partial charge in [-0.25, -0.2) is 9.78 Å². The van der Waals surface area contributed by atoms with Crippen LogP contribution >= 0.6 is 0 Å². The number of carbonyl (C=O) groups excluding carboxylic acids is 2. The second-order valence-corrected chi connectivity index (χ2v) is 5.82. The minimum atomic E-state index is -0.945. The van der Waals surface area contributed by atoms with E-state index in [0.717, 1.165) is 16.8 Å². The van der Waals surface area contributed by atoms with Crippen LogP contribution in [-0.2, 0) is 9.53 Å². The molecule has 6 heteroatoms. The van der Waals surface area contributed by atoms with Gasteiger partial charge in [0.2, 0.25) is 0 Å². The first-order chi connectivity index (χ1) is 11.4. The van der Waals surface area contributed by atoms with Crippen LogP contribution in [0.5, 0.6) is 0 Å². The zero-order valence-electron chi connectivity index (χ0n) is 14.2. The Bertz CT molecular complexity index is 730. The van der Waals surface area contributed by atoms with Gasteiger partial charge in [0.05, 0.1) is 6.20 Å². The van der Waals surface area contributed by atoms with Crippen LogP contribution in [0.15, 0.2) is 36.8 Å². The summed E-state index contributed by atoms with van der Waals surface area (Å²) in [6.45, 7) is 7.57. The summed E-state index contributed by atoms with van der Waals surface area (Å²) >= 11 is 0. The number of aryl methyl sites for hydroxylation is 1. The van der Waals surface area contributed by atoms with Crippen molar-refractivity contribution >= 4 is 17.6 Å². The number of benzene rings is 1. The molecule has 0 aliphatic carbocycles. The quantitative estimate of drug-likeness (QED) is 0.854. The molecule has 0 aliphatic rings. The van der Waals surface area contributed by atoms with E-state index in [1.807, 2.05) is 25.1 Å². The van der Waals surface area contributed by atoms with Crippen LogP contribution in [0.3, 0.4) is 0 Å². The van der Waals surface area contributed by atoms with Gasteiger partial charge in [0, 0.05) is 18.1 Å². The van der Waals surface area contributed by atoms with Gasteiger partial charge >= 0.3 is 5.97 Å². The van der Waals surface area contributed by atoms with Crippen LogP contribution < -0.4 is 5.32 Å². The summed E-state index contributed by atoms with van der Waals surface area (Å²) in [6.07, 6.45) is 3.20. The van der Waals surface area contributed by atoms with E-state index < -0.39 is 12.1 Å². The Labute approximate surface area is 141 Å². The largest absolute Gasteiger partial charge is 0.448 e. The SMILES string of the molecule is Cc1cccc(C(C)C)c1NC(=O)[C@H](C)OC(=O)c1cnccn1. The van der Waals surface area contributed by atoms with E-state index in [-0.39, 0.29) is 17.5 Å². The molecule has 0 fully saturated rings. The smallest absolute Gasteiger partial charge is 0.359 e. The van der Waals surface area contributed by atoms with E-state index in [4.69, 9.17) is 4.74 Å². The summed E-state index contributed by atoms with van der Waals surface area (Å²) in [5, 5.41) is 2.86. The van der Waals surface area contributed by atoms with E-state index in [2.05, 4.69) is 29.1 Å². The number of ether oxygens (including phenoxy) is 1. The summed E-state index contributed by atoms with van der Waals surface area (Å²) < 4.78 is 5.16. The van der Waals surface area contributed by atoms with Gasteiger partial charge in [-0.05, 0) is 30.9 Å². The molecule has 0 saturated heterocycles. The van der Waals surface area contributed by atoms with Gasteiger partial charge in [-0.15, -0.1) is 0 Å². The van der Waals surface area contributed by atoms with Gasteiger partial charge in [0.15, 0.2) is 11.8 Å². The van der Waals surface area contributed by atoms with Crippen LogP contribution in [0.4, 0.5) is 5.69 Å². The fourth-order valence-corrected chi connectivity index (χ4v) is 2.25. The monoisotopic (exact) mass is 327 g/mol. The average molecular weight is 327 g/mol. The highest BCUT2D eigenvalue weighted by Gasteiger charge is 2.21. The predicted octanol–water partition coefficient (Wildman–Crippen LogP) is 3.09. The Hall–Kier alpha value is -2.76. The Morgan fingerprint density at radius 1 is 1.17 bits per heavy atom. The average Bonchev–Trinajstić information content (AvgIpc) is 2.57. The number of anilines is 1. The fraction of sp³-hybridized carbons (Fsp3) is 0.333. The van der Waals surface area contributed by atoms with Crippen molar-refractivity contribution in [3.8, 4) is 0 Å². The van der Waals surface area contributed by atoms with Crippen molar-refractivity contribution in [3.05, 3.63) is 53.6 Å². The molecule has 2 aromatic rings. The van der Waals surface area contributed by atoms with Crippen molar-refractivity contribution in [2.75, 3.05) is 5.32 Å². The summed E-state index contributed by atoms with van der Waals surface area (Å²) in [7, 11) is 0. The summed E-state index contributed by atoms with van der Waals surface area (Å²) in [5.41, 5.74) is 2.83. The third-order valence-corrected chi connectivity index (χ3v) is 3.60. The molecule has 0 saturated carbocycles. The molecule has 126 valence electrons. The topological polar surface area (TPSA) is 81.2 Å². The molecule has 1 N–H and O–H groups in total. The van der Waals surface area contributed by atoms with Gasteiger partial charge in [-0.3, -0.25) is 9.78 Å². The van der Waals surface area contributed by atoms with Crippen molar-refractivity contribution in [1.29, 1.82) is 0 Å². The van der Waals surface area contributed by atoms with Gasteiger partial charge in [0.25, 0.3) is 5.91 Å². The highest BCUT2D eigenvalue weighted by molar-refractivity contribution is 5.97. The molecule has 2 rings (SSSR count). The van der Waals surface area contributed by atoms with Crippen LogP contribution in [0, 0.1) is 6.92 Å². The number of esters is 1. The molecule has 1 amide bonds. The van der Waals surface area contributed by atoms with Gasteiger partial charge in [0.1, 0.15) is 0 Å². The summed E-state index contributed by atoms with van der Waals surface area (Å²) in [6, 6.07) is 5.86. The Balaban J connectivity index is 2.09. The van der Waals surface area contributed by atoms with E-state index in [1.54, 1.807) is 0 Å². The molecule has 0 aliphatic heterocycles.